The zero-order valence-electron chi connectivity index (χ0n) is 15.7. The van der Waals surface area contributed by atoms with E-state index in [9.17, 15) is 4.79 Å². The number of nitrogens with one attached hydrogen (secondary N) is 2. The molecule has 1 aromatic carbocycles. The maximum absolute atomic E-state index is 11.3. The van der Waals surface area contributed by atoms with Gasteiger partial charge in [0.05, 0.1) is 17.8 Å². The van der Waals surface area contributed by atoms with Gasteiger partial charge in [-0.05, 0) is 60.2 Å². The Morgan fingerprint density at radius 1 is 1.18 bits per heavy atom. The molecule has 2 aromatic heterocycles. The zero-order valence-corrected chi connectivity index (χ0v) is 16.5. The summed E-state index contributed by atoms with van der Waals surface area (Å²) < 4.78 is 2.03. The van der Waals surface area contributed by atoms with Crippen molar-refractivity contribution in [3.8, 4) is 0 Å². The summed E-state index contributed by atoms with van der Waals surface area (Å²) in [6.45, 7) is 1.50. The van der Waals surface area contributed by atoms with Crippen molar-refractivity contribution >= 4 is 34.6 Å². The van der Waals surface area contributed by atoms with Gasteiger partial charge in [-0.2, -0.15) is 0 Å². The summed E-state index contributed by atoms with van der Waals surface area (Å²) >= 11 is 5.70. The van der Waals surface area contributed by atoms with E-state index in [0.29, 0.717) is 5.11 Å². The van der Waals surface area contributed by atoms with Gasteiger partial charge in [-0.25, -0.2) is 0 Å². The zero-order chi connectivity index (χ0) is 19.7. The van der Waals surface area contributed by atoms with Gasteiger partial charge in [0.1, 0.15) is 0 Å². The minimum Gasteiger partial charge on any atom is -0.357 e. The third-order valence-electron chi connectivity index (χ3n) is 4.76. The first kappa shape index (κ1) is 18.2. The molecule has 3 heterocycles. The van der Waals surface area contributed by atoms with Gasteiger partial charge in [0.25, 0.3) is 0 Å². The van der Waals surface area contributed by atoms with Crippen LogP contribution < -0.4 is 15.5 Å². The number of amides is 1. The molecule has 2 N–H and O–H groups in total. The third-order valence-corrected chi connectivity index (χ3v) is 5.07. The number of anilines is 2. The third kappa shape index (κ3) is 3.48. The van der Waals surface area contributed by atoms with Crippen LogP contribution in [0.5, 0.6) is 0 Å². The molecule has 3 aromatic rings. The molecule has 4 rings (SSSR count). The van der Waals surface area contributed by atoms with E-state index in [2.05, 4.69) is 32.8 Å². The summed E-state index contributed by atoms with van der Waals surface area (Å²) in [5.74, 6) is -0.0940. The Bertz CT molecular complexity index is 999. The lowest BCUT2D eigenvalue weighted by molar-refractivity contribution is -0.114. The maximum atomic E-state index is 11.3. The number of aryl methyl sites for hydroxylation is 1. The molecule has 2 atom stereocenters. The van der Waals surface area contributed by atoms with E-state index in [4.69, 9.17) is 12.2 Å². The van der Waals surface area contributed by atoms with E-state index in [1.54, 1.807) is 6.20 Å². The van der Waals surface area contributed by atoms with Crippen molar-refractivity contribution in [2.75, 3.05) is 10.2 Å². The number of nitrogens with zero attached hydrogens (tertiary/aromatic N) is 3. The smallest absolute Gasteiger partial charge is 0.221 e. The summed E-state index contributed by atoms with van der Waals surface area (Å²) in [5, 5.41) is 6.88. The number of hydrogen-bond donors (Lipinski definition) is 2. The molecule has 0 bridgehead atoms. The van der Waals surface area contributed by atoms with Gasteiger partial charge in [0.2, 0.25) is 5.91 Å². The molecule has 1 amide bonds. The molecule has 1 saturated heterocycles. The van der Waals surface area contributed by atoms with Crippen LogP contribution in [0.1, 0.15) is 30.3 Å². The van der Waals surface area contributed by atoms with E-state index >= 15 is 0 Å². The minimum absolute atomic E-state index is 0.0322. The predicted octanol–water partition coefficient (Wildman–Crippen LogP) is 3.56. The molecule has 7 heteroatoms. The van der Waals surface area contributed by atoms with Gasteiger partial charge in [-0.1, -0.05) is 6.07 Å². The van der Waals surface area contributed by atoms with Crippen LogP contribution in [-0.4, -0.2) is 20.6 Å². The number of thiocarbonyl (C=S) groups is 1. The van der Waals surface area contributed by atoms with Gasteiger partial charge in [-0.15, -0.1) is 0 Å². The van der Waals surface area contributed by atoms with Crippen molar-refractivity contribution < 1.29 is 4.79 Å². The molecule has 1 fully saturated rings. The first-order valence-electron chi connectivity index (χ1n) is 9.03. The van der Waals surface area contributed by atoms with E-state index in [-0.39, 0.29) is 18.0 Å². The molecule has 1 aliphatic rings. The van der Waals surface area contributed by atoms with E-state index in [1.165, 1.54) is 6.92 Å². The number of rotatable bonds is 4. The Kier molecular flexibility index (Phi) is 4.83. The lowest BCUT2D eigenvalue weighted by Gasteiger charge is -2.27. The fourth-order valence-corrected chi connectivity index (χ4v) is 3.93. The summed E-state index contributed by atoms with van der Waals surface area (Å²) in [4.78, 5) is 17.9. The van der Waals surface area contributed by atoms with Crippen molar-refractivity contribution in [1.82, 2.24) is 14.9 Å². The molecule has 142 valence electrons. The van der Waals surface area contributed by atoms with Gasteiger partial charge in [0, 0.05) is 43.9 Å². The van der Waals surface area contributed by atoms with Gasteiger partial charge in [0.15, 0.2) is 5.11 Å². The van der Waals surface area contributed by atoms with Crippen molar-refractivity contribution in [3.63, 3.8) is 0 Å². The van der Waals surface area contributed by atoms with E-state index < -0.39 is 0 Å². The van der Waals surface area contributed by atoms with Crippen molar-refractivity contribution in [1.29, 1.82) is 0 Å². The van der Waals surface area contributed by atoms with Crippen LogP contribution in [0.25, 0.3) is 0 Å². The largest absolute Gasteiger partial charge is 0.357 e. The minimum atomic E-state index is -0.0940. The van der Waals surface area contributed by atoms with Gasteiger partial charge in [-0.3, -0.25) is 9.78 Å². The fraction of sp³-hybridized carbons (Fsp3) is 0.190. The molecule has 6 nitrogen and oxygen atoms in total. The van der Waals surface area contributed by atoms with Crippen LogP contribution in [0.4, 0.5) is 11.4 Å². The van der Waals surface area contributed by atoms with Crippen molar-refractivity contribution in [3.05, 3.63) is 78.4 Å². The van der Waals surface area contributed by atoms with Crippen LogP contribution in [-0.2, 0) is 11.8 Å². The molecular formula is C21H21N5OS. The molecule has 0 aliphatic carbocycles. The fourth-order valence-electron chi connectivity index (χ4n) is 3.58. The maximum Gasteiger partial charge on any atom is 0.221 e. The molecule has 1 aliphatic heterocycles. The number of pyridine rings is 1. The number of benzene rings is 1. The van der Waals surface area contributed by atoms with E-state index in [0.717, 1.165) is 22.6 Å². The molecule has 0 spiro atoms. The normalized spacial score (nSPS) is 18.8. The van der Waals surface area contributed by atoms with Crippen LogP contribution >= 0.6 is 12.2 Å². The summed E-state index contributed by atoms with van der Waals surface area (Å²) in [5.41, 5.74) is 3.80. The Morgan fingerprint density at radius 3 is 2.57 bits per heavy atom. The molecular weight excluding hydrogens is 370 g/mol. The molecule has 28 heavy (non-hydrogen) atoms. The number of carbonyl (C=O) groups excluding carboxylic acids is 1. The monoisotopic (exact) mass is 391 g/mol. The van der Waals surface area contributed by atoms with Crippen LogP contribution in [0.15, 0.2) is 67.1 Å². The van der Waals surface area contributed by atoms with Crippen molar-refractivity contribution in [2.24, 2.45) is 7.05 Å². The number of carbonyl (C=O) groups is 1. The summed E-state index contributed by atoms with van der Waals surface area (Å²) in [7, 11) is 2.01. The standard InChI is InChI=1S/C21H21N5OS/c1-14(27)23-16-6-8-17(9-7-16)26-20(15-10-12-25(2)13-15)19(24-21(26)28)18-5-3-4-11-22-18/h3-13,19-20H,1-2H3,(H,23,27)(H,24,28)/t19-,20+/m0/s1. The topological polar surface area (TPSA) is 62.2 Å². The highest BCUT2D eigenvalue weighted by atomic mass is 32.1. The Labute approximate surface area is 169 Å². The van der Waals surface area contributed by atoms with Crippen molar-refractivity contribution in [2.45, 2.75) is 19.0 Å². The van der Waals surface area contributed by atoms with Crippen LogP contribution in [0.2, 0.25) is 0 Å². The first-order chi connectivity index (χ1) is 13.5. The quantitative estimate of drug-likeness (QED) is 0.666. The Morgan fingerprint density at radius 2 is 1.96 bits per heavy atom. The predicted molar refractivity (Wildman–Crippen MR) is 114 cm³/mol. The average Bonchev–Trinajstić information content (AvgIpc) is 3.26. The SMILES string of the molecule is CC(=O)Nc1ccc(N2C(=S)N[C@@H](c3ccccn3)[C@H]2c2ccn(C)c2)cc1. The first-order valence-corrected chi connectivity index (χ1v) is 9.44. The van der Waals surface area contributed by atoms with Crippen LogP contribution in [0.3, 0.4) is 0 Å². The Balaban J connectivity index is 1.74. The average molecular weight is 392 g/mol. The Hall–Kier alpha value is -3.19. The summed E-state index contributed by atoms with van der Waals surface area (Å²) in [6, 6.07) is 15.6. The highest BCUT2D eigenvalue weighted by molar-refractivity contribution is 7.80. The second-order valence-electron chi connectivity index (χ2n) is 6.83. The number of hydrogen-bond acceptors (Lipinski definition) is 3. The molecule has 0 unspecified atom stereocenters. The highest BCUT2D eigenvalue weighted by Gasteiger charge is 2.40. The van der Waals surface area contributed by atoms with Crippen LogP contribution in [0, 0.1) is 0 Å². The van der Waals surface area contributed by atoms with Gasteiger partial charge >= 0.3 is 0 Å². The lowest BCUT2D eigenvalue weighted by atomic mass is 9.98. The number of aromatic nitrogens is 2. The molecule has 0 radical (unpaired) electrons. The van der Waals surface area contributed by atoms with Gasteiger partial charge < -0.3 is 20.1 Å². The molecule has 0 saturated carbocycles. The second kappa shape index (κ2) is 7.44. The highest BCUT2D eigenvalue weighted by Crippen LogP contribution is 2.41. The second-order valence-corrected chi connectivity index (χ2v) is 7.22. The van der Waals surface area contributed by atoms with E-state index in [1.807, 2.05) is 60.3 Å². The lowest BCUT2D eigenvalue weighted by Crippen LogP contribution is -2.29. The summed E-state index contributed by atoms with van der Waals surface area (Å²) in [6.07, 6.45) is 5.94.